The molecule has 2 rings (SSSR count). The summed E-state index contributed by atoms with van der Waals surface area (Å²) >= 11 is 0. The van der Waals surface area contributed by atoms with Crippen LogP contribution in [-0.2, 0) is 4.74 Å². The molecule has 1 aromatic rings. The summed E-state index contributed by atoms with van der Waals surface area (Å²) in [4.78, 5) is 0. The van der Waals surface area contributed by atoms with Gasteiger partial charge in [0.05, 0.1) is 6.10 Å². The number of ether oxygens (including phenoxy) is 1. The van der Waals surface area contributed by atoms with Crippen LogP contribution in [0.15, 0.2) is 24.3 Å². The van der Waals surface area contributed by atoms with E-state index < -0.39 is 0 Å². The molecule has 2 nitrogen and oxygen atoms in total. The molecule has 1 aliphatic heterocycles. The van der Waals surface area contributed by atoms with Gasteiger partial charge in [0.25, 0.3) is 0 Å². The van der Waals surface area contributed by atoms with Crippen molar-refractivity contribution in [3.8, 4) is 0 Å². The molecule has 3 heteroatoms. The average Bonchev–Trinajstić information content (AvgIpc) is 2.40. The summed E-state index contributed by atoms with van der Waals surface area (Å²) in [5.41, 5.74) is 1.14. The molecule has 0 spiro atoms. The second-order valence-corrected chi connectivity index (χ2v) is 5.44. The van der Waals surface area contributed by atoms with E-state index in [1.165, 1.54) is 18.6 Å². The van der Waals surface area contributed by atoms with E-state index in [1.807, 2.05) is 12.1 Å². The van der Waals surface area contributed by atoms with Crippen molar-refractivity contribution in [2.45, 2.75) is 57.7 Å². The van der Waals surface area contributed by atoms with Gasteiger partial charge in [0.1, 0.15) is 5.82 Å². The van der Waals surface area contributed by atoms with Crippen molar-refractivity contribution in [1.29, 1.82) is 0 Å². The van der Waals surface area contributed by atoms with E-state index in [0.29, 0.717) is 12.1 Å². The molecule has 0 bridgehead atoms. The Kier molecular flexibility index (Phi) is 5.34. The average molecular weight is 265 g/mol. The van der Waals surface area contributed by atoms with Gasteiger partial charge in [-0.25, -0.2) is 4.39 Å². The van der Waals surface area contributed by atoms with Gasteiger partial charge >= 0.3 is 0 Å². The first-order valence-corrected chi connectivity index (χ1v) is 7.32. The molecule has 2 unspecified atom stereocenters. The molecule has 1 fully saturated rings. The summed E-state index contributed by atoms with van der Waals surface area (Å²) in [6.45, 7) is 5.18. The summed E-state index contributed by atoms with van der Waals surface area (Å²) in [6.07, 6.45) is 4.86. The number of hydrogen-bond donors (Lipinski definition) is 1. The van der Waals surface area contributed by atoms with E-state index in [1.54, 1.807) is 0 Å². The van der Waals surface area contributed by atoms with Crippen LogP contribution in [0.5, 0.6) is 0 Å². The fourth-order valence-corrected chi connectivity index (χ4v) is 2.76. The molecule has 0 radical (unpaired) electrons. The van der Waals surface area contributed by atoms with Crippen molar-refractivity contribution in [3.05, 3.63) is 35.6 Å². The van der Waals surface area contributed by atoms with Gasteiger partial charge in [-0.15, -0.1) is 0 Å². The third kappa shape index (κ3) is 4.29. The van der Waals surface area contributed by atoms with Gasteiger partial charge in [-0.05, 0) is 43.9 Å². The molecular formula is C16H24FNO. The maximum absolute atomic E-state index is 12.9. The highest BCUT2D eigenvalue weighted by atomic mass is 19.1. The molecule has 0 aromatic heterocycles. The monoisotopic (exact) mass is 265 g/mol. The predicted octanol–water partition coefficient (Wildman–Crippen LogP) is 3.82. The second-order valence-electron chi connectivity index (χ2n) is 5.44. The minimum absolute atomic E-state index is 0.176. The normalized spacial score (nSPS) is 25.2. The molecule has 19 heavy (non-hydrogen) atoms. The van der Waals surface area contributed by atoms with Crippen LogP contribution in [0.1, 0.15) is 51.1 Å². The van der Waals surface area contributed by atoms with Gasteiger partial charge in [-0.1, -0.05) is 25.5 Å². The van der Waals surface area contributed by atoms with Crippen LogP contribution in [0.2, 0.25) is 0 Å². The molecule has 0 saturated carbocycles. The van der Waals surface area contributed by atoms with Crippen LogP contribution >= 0.6 is 0 Å². The Bertz CT molecular complexity index is 377. The van der Waals surface area contributed by atoms with E-state index in [4.69, 9.17) is 4.74 Å². The van der Waals surface area contributed by atoms with Crippen LogP contribution in [-0.4, -0.2) is 18.8 Å². The molecular weight excluding hydrogens is 241 g/mol. The maximum atomic E-state index is 12.9. The summed E-state index contributed by atoms with van der Waals surface area (Å²) < 4.78 is 18.7. The third-order valence-electron chi connectivity index (χ3n) is 3.83. The van der Waals surface area contributed by atoms with Gasteiger partial charge in [0.15, 0.2) is 0 Å². The smallest absolute Gasteiger partial charge is 0.123 e. The molecule has 0 aliphatic carbocycles. The number of nitrogens with one attached hydrogen (secondary N) is 1. The van der Waals surface area contributed by atoms with Crippen molar-refractivity contribution >= 4 is 0 Å². The first-order valence-electron chi connectivity index (χ1n) is 7.32. The highest BCUT2D eigenvalue weighted by Crippen LogP contribution is 2.21. The number of rotatable bonds is 5. The van der Waals surface area contributed by atoms with Gasteiger partial charge in [-0.2, -0.15) is 0 Å². The first kappa shape index (κ1) is 14.5. The fraction of sp³-hybridized carbons (Fsp3) is 0.625. The molecule has 1 N–H and O–H groups in total. The predicted molar refractivity (Wildman–Crippen MR) is 75.6 cm³/mol. The van der Waals surface area contributed by atoms with Gasteiger partial charge < -0.3 is 10.1 Å². The highest BCUT2D eigenvalue weighted by molar-refractivity contribution is 5.19. The van der Waals surface area contributed by atoms with Crippen LogP contribution in [0.4, 0.5) is 4.39 Å². The Morgan fingerprint density at radius 1 is 1.37 bits per heavy atom. The molecule has 3 atom stereocenters. The number of benzene rings is 1. The highest BCUT2D eigenvalue weighted by Gasteiger charge is 2.23. The Morgan fingerprint density at radius 2 is 2.11 bits per heavy atom. The SMILES string of the molecule is CCCC1CC(N[C@H](C)c2ccc(F)cc2)CCO1. The lowest BCUT2D eigenvalue weighted by Gasteiger charge is -2.32. The quantitative estimate of drug-likeness (QED) is 0.873. The first-order chi connectivity index (χ1) is 9.19. The van der Waals surface area contributed by atoms with Crippen LogP contribution < -0.4 is 5.32 Å². The Hall–Kier alpha value is -0.930. The Morgan fingerprint density at radius 3 is 2.79 bits per heavy atom. The summed E-state index contributed by atoms with van der Waals surface area (Å²) in [7, 11) is 0. The van der Waals surface area contributed by atoms with Crippen molar-refractivity contribution < 1.29 is 9.13 Å². The zero-order valence-corrected chi connectivity index (χ0v) is 11.9. The van der Waals surface area contributed by atoms with Crippen molar-refractivity contribution in [2.75, 3.05) is 6.61 Å². The molecule has 106 valence electrons. The zero-order valence-electron chi connectivity index (χ0n) is 11.9. The third-order valence-corrected chi connectivity index (χ3v) is 3.83. The van der Waals surface area contributed by atoms with E-state index >= 15 is 0 Å². The topological polar surface area (TPSA) is 21.3 Å². The summed E-state index contributed by atoms with van der Waals surface area (Å²) in [5.74, 6) is -0.176. The second kappa shape index (κ2) is 7.01. The number of hydrogen-bond acceptors (Lipinski definition) is 2. The lowest BCUT2D eigenvalue weighted by atomic mass is 9.98. The summed E-state index contributed by atoms with van der Waals surface area (Å²) in [6, 6.07) is 7.52. The standard InChI is InChI=1S/C16H24FNO/c1-3-4-16-11-15(9-10-19-16)18-12(2)13-5-7-14(17)8-6-13/h5-8,12,15-16,18H,3-4,9-11H2,1-2H3/t12-,15?,16?/m1/s1. The molecule has 1 saturated heterocycles. The molecule has 1 aliphatic rings. The van der Waals surface area contributed by atoms with Crippen LogP contribution in [0, 0.1) is 5.82 Å². The lowest BCUT2D eigenvalue weighted by molar-refractivity contribution is -0.00472. The van der Waals surface area contributed by atoms with Gasteiger partial charge in [0, 0.05) is 18.7 Å². The van der Waals surface area contributed by atoms with E-state index in [-0.39, 0.29) is 11.9 Å². The van der Waals surface area contributed by atoms with E-state index in [9.17, 15) is 4.39 Å². The van der Waals surface area contributed by atoms with Crippen molar-refractivity contribution in [1.82, 2.24) is 5.32 Å². The summed E-state index contributed by atoms with van der Waals surface area (Å²) in [5, 5.41) is 3.64. The molecule has 1 heterocycles. The lowest BCUT2D eigenvalue weighted by Crippen LogP contribution is -2.40. The van der Waals surface area contributed by atoms with Crippen LogP contribution in [0.25, 0.3) is 0 Å². The van der Waals surface area contributed by atoms with Gasteiger partial charge in [-0.3, -0.25) is 0 Å². The van der Waals surface area contributed by atoms with E-state index in [0.717, 1.165) is 31.4 Å². The largest absolute Gasteiger partial charge is 0.378 e. The van der Waals surface area contributed by atoms with Gasteiger partial charge in [0.2, 0.25) is 0 Å². The van der Waals surface area contributed by atoms with Crippen molar-refractivity contribution in [3.63, 3.8) is 0 Å². The minimum atomic E-state index is -0.176. The maximum Gasteiger partial charge on any atom is 0.123 e. The molecule has 0 amide bonds. The van der Waals surface area contributed by atoms with Crippen molar-refractivity contribution in [2.24, 2.45) is 0 Å². The number of halogens is 1. The zero-order chi connectivity index (χ0) is 13.7. The fourth-order valence-electron chi connectivity index (χ4n) is 2.76. The molecule has 1 aromatic carbocycles. The van der Waals surface area contributed by atoms with Crippen LogP contribution in [0.3, 0.4) is 0 Å². The Labute approximate surface area is 115 Å². The minimum Gasteiger partial charge on any atom is -0.378 e. The Balaban J connectivity index is 1.87. The van der Waals surface area contributed by atoms with E-state index in [2.05, 4.69) is 19.2 Å².